The smallest absolute Gasteiger partial charge is 0.315 e. The van der Waals surface area contributed by atoms with Crippen LogP contribution in [-0.4, -0.2) is 41.1 Å². The normalized spacial score (nSPS) is 36.9. The standard InChI is InChI=1S/C9H11N3O4/c13-6-1-2-7(14)12(6)16-5-3-4-8(5)11-9(15)10-4/h4-5,8H,1-3H2,(H2,10,11,15)/t4-,5?,8-/m0/s1. The molecule has 86 valence electrons. The molecular formula is C9H11N3O4. The van der Waals surface area contributed by atoms with Crippen LogP contribution in [0.4, 0.5) is 4.79 Å². The highest BCUT2D eigenvalue weighted by Crippen LogP contribution is 2.29. The number of urea groups is 1. The number of carbonyl (C=O) groups is 3. The lowest BCUT2D eigenvalue weighted by Gasteiger charge is -2.38. The van der Waals surface area contributed by atoms with Crippen LogP contribution in [0.5, 0.6) is 0 Å². The summed E-state index contributed by atoms with van der Waals surface area (Å²) in [5.74, 6) is -0.600. The highest BCUT2D eigenvalue weighted by molar-refractivity contribution is 6.00. The van der Waals surface area contributed by atoms with Crippen molar-refractivity contribution in [3.63, 3.8) is 0 Å². The number of imide groups is 1. The van der Waals surface area contributed by atoms with Gasteiger partial charge in [-0.2, -0.15) is 5.06 Å². The molecule has 3 atom stereocenters. The van der Waals surface area contributed by atoms with Crippen molar-refractivity contribution in [3.8, 4) is 0 Å². The number of nitrogens with one attached hydrogen (secondary N) is 2. The first kappa shape index (κ1) is 9.59. The number of fused-ring (bicyclic) bond motifs is 1. The van der Waals surface area contributed by atoms with Crippen molar-refractivity contribution in [3.05, 3.63) is 0 Å². The predicted molar refractivity (Wildman–Crippen MR) is 49.8 cm³/mol. The van der Waals surface area contributed by atoms with E-state index in [4.69, 9.17) is 4.84 Å². The number of carbonyl (C=O) groups excluding carboxylic acids is 3. The van der Waals surface area contributed by atoms with E-state index in [1.54, 1.807) is 0 Å². The third-order valence-corrected chi connectivity index (χ3v) is 3.18. The van der Waals surface area contributed by atoms with Gasteiger partial charge in [0.2, 0.25) is 0 Å². The fourth-order valence-corrected chi connectivity index (χ4v) is 2.23. The first-order valence-electron chi connectivity index (χ1n) is 5.25. The fourth-order valence-electron chi connectivity index (χ4n) is 2.23. The second-order valence-electron chi connectivity index (χ2n) is 4.21. The van der Waals surface area contributed by atoms with Gasteiger partial charge in [-0.25, -0.2) is 4.79 Å². The number of hydrogen-bond acceptors (Lipinski definition) is 4. The van der Waals surface area contributed by atoms with Crippen LogP contribution in [0.2, 0.25) is 0 Å². The van der Waals surface area contributed by atoms with Crippen molar-refractivity contribution < 1.29 is 19.2 Å². The maximum Gasteiger partial charge on any atom is 0.315 e. The Labute approximate surface area is 91.1 Å². The Bertz CT molecular complexity index is 367. The van der Waals surface area contributed by atoms with Crippen LogP contribution in [0.15, 0.2) is 0 Å². The molecule has 0 aromatic heterocycles. The molecule has 3 fully saturated rings. The highest BCUT2D eigenvalue weighted by Gasteiger charge is 2.50. The molecule has 3 aliphatic rings. The molecule has 0 bridgehead atoms. The van der Waals surface area contributed by atoms with Crippen LogP contribution in [0.3, 0.4) is 0 Å². The molecule has 7 heteroatoms. The van der Waals surface area contributed by atoms with Gasteiger partial charge in [0.1, 0.15) is 6.10 Å². The van der Waals surface area contributed by atoms with Gasteiger partial charge < -0.3 is 10.6 Å². The molecule has 3 rings (SSSR count). The van der Waals surface area contributed by atoms with Crippen molar-refractivity contribution >= 4 is 17.8 Å². The molecule has 1 saturated carbocycles. The van der Waals surface area contributed by atoms with Crippen molar-refractivity contribution in [2.75, 3.05) is 0 Å². The summed E-state index contributed by atoms with van der Waals surface area (Å²) in [6.07, 6.45) is 0.768. The Hall–Kier alpha value is -1.63. The minimum atomic E-state index is -0.300. The molecular weight excluding hydrogens is 214 g/mol. The Morgan fingerprint density at radius 2 is 1.81 bits per heavy atom. The zero-order valence-electron chi connectivity index (χ0n) is 8.43. The first-order valence-corrected chi connectivity index (χ1v) is 5.25. The van der Waals surface area contributed by atoms with Crippen LogP contribution in [-0.2, 0) is 14.4 Å². The number of hydroxylamine groups is 2. The molecule has 16 heavy (non-hydrogen) atoms. The van der Waals surface area contributed by atoms with E-state index in [1.807, 2.05) is 0 Å². The zero-order valence-corrected chi connectivity index (χ0v) is 8.43. The van der Waals surface area contributed by atoms with Gasteiger partial charge in [-0.05, 0) is 0 Å². The summed E-state index contributed by atoms with van der Waals surface area (Å²) in [7, 11) is 0. The second kappa shape index (κ2) is 3.18. The molecule has 2 heterocycles. The topological polar surface area (TPSA) is 87.7 Å². The number of hydrogen-bond donors (Lipinski definition) is 2. The largest absolute Gasteiger partial charge is 0.333 e. The fraction of sp³-hybridized carbons (Fsp3) is 0.667. The number of nitrogens with zero attached hydrogens (tertiary/aromatic N) is 1. The quantitative estimate of drug-likeness (QED) is 0.583. The third-order valence-electron chi connectivity index (χ3n) is 3.18. The summed E-state index contributed by atoms with van der Waals surface area (Å²) >= 11 is 0. The summed E-state index contributed by atoms with van der Waals surface area (Å²) in [5.41, 5.74) is 0. The molecule has 0 aromatic carbocycles. The Morgan fingerprint density at radius 1 is 1.12 bits per heavy atom. The lowest BCUT2D eigenvalue weighted by atomic mass is 9.85. The van der Waals surface area contributed by atoms with E-state index >= 15 is 0 Å². The minimum Gasteiger partial charge on any atom is -0.333 e. The molecule has 1 unspecified atom stereocenters. The van der Waals surface area contributed by atoms with Crippen molar-refractivity contribution in [2.45, 2.75) is 37.5 Å². The highest BCUT2D eigenvalue weighted by atomic mass is 16.7. The summed E-state index contributed by atoms with van der Waals surface area (Å²) in [6, 6.07) is -0.292. The lowest BCUT2D eigenvalue weighted by Crippen LogP contribution is -2.59. The van der Waals surface area contributed by atoms with Gasteiger partial charge in [-0.15, -0.1) is 0 Å². The van der Waals surface area contributed by atoms with Crippen molar-refractivity contribution in [1.82, 2.24) is 15.7 Å². The molecule has 4 amide bonds. The molecule has 2 saturated heterocycles. The van der Waals surface area contributed by atoms with Gasteiger partial charge in [0.05, 0.1) is 12.1 Å². The summed E-state index contributed by atoms with van der Waals surface area (Å²) < 4.78 is 0. The van der Waals surface area contributed by atoms with E-state index < -0.39 is 0 Å². The summed E-state index contributed by atoms with van der Waals surface area (Å²) in [6.45, 7) is 0. The summed E-state index contributed by atoms with van der Waals surface area (Å²) in [4.78, 5) is 38.9. The number of rotatable bonds is 2. The average molecular weight is 225 g/mol. The van der Waals surface area contributed by atoms with Crippen LogP contribution in [0.1, 0.15) is 19.3 Å². The average Bonchev–Trinajstić information content (AvgIpc) is 2.69. The first-order chi connectivity index (χ1) is 7.65. The number of amides is 4. The van der Waals surface area contributed by atoms with Crippen LogP contribution >= 0.6 is 0 Å². The molecule has 0 spiro atoms. The minimum absolute atomic E-state index is 0.0605. The van der Waals surface area contributed by atoms with E-state index in [0.29, 0.717) is 6.42 Å². The molecule has 2 N–H and O–H groups in total. The lowest BCUT2D eigenvalue weighted by molar-refractivity contribution is -0.217. The van der Waals surface area contributed by atoms with Crippen molar-refractivity contribution in [1.29, 1.82) is 0 Å². The SMILES string of the molecule is O=C1N[C@H]2CC(ON3C(=O)CCC3=O)[C@H]2N1. The second-order valence-corrected chi connectivity index (χ2v) is 4.21. The molecule has 7 nitrogen and oxygen atoms in total. The Balaban J connectivity index is 1.62. The van der Waals surface area contributed by atoms with E-state index in [9.17, 15) is 14.4 Å². The van der Waals surface area contributed by atoms with Crippen LogP contribution in [0, 0.1) is 0 Å². The summed E-state index contributed by atoms with van der Waals surface area (Å²) in [5, 5.41) is 6.23. The van der Waals surface area contributed by atoms with Gasteiger partial charge in [0.15, 0.2) is 0 Å². The zero-order chi connectivity index (χ0) is 11.3. The van der Waals surface area contributed by atoms with E-state index in [1.165, 1.54) is 0 Å². The molecule has 1 aliphatic carbocycles. The van der Waals surface area contributed by atoms with E-state index in [-0.39, 0.29) is 48.9 Å². The van der Waals surface area contributed by atoms with Gasteiger partial charge in [-0.1, -0.05) is 0 Å². The van der Waals surface area contributed by atoms with Gasteiger partial charge >= 0.3 is 6.03 Å². The molecule has 2 aliphatic heterocycles. The maximum atomic E-state index is 11.3. The van der Waals surface area contributed by atoms with Crippen LogP contribution < -0.4 is 10.6 Å². The van der Waals surface area contributed by atoms with Gasteiger partial charge in [0.25, 0.3) is 11.8 Å². The Kier molecular flexibility index (Phi) is 1.90. The maximum absolute atomic E-state index is 11.3. The molecule has 0 aromatic rings. The van der Waals surface area contributed by atoms with E-state index in [0.717, 1.165) is 5.06 Å². The van der Waals surface area contributed by atoms with Gasteiger partial charge in [0, 0.05) is 19.3 Å². The monoisotopic (exact) mass is 225 g/mol. The van der Waals surface area contributed by atoms with Crippen LogP contribution in [0.25, 0.3) is 0 Å². The molecule has 0 radical (unpaired) electrons. The van der Waals surface area contributed by atoms with Crippen molar-refractivity contribution in [2.24, 2.45) is 0 Å². The van der Waals surface area contributed by atoms with Gasteiger partial charge in [-0.3, -0.25) is 14.4 Å². The Morgan fingerprint density at radius 3 is 2.44 bits per heavy atom. The van der Waals surface area contributed by atoms with E-state index in [2.05, 4.69) is 10.6 Å². The third kappa shape index (κ3) is 1.28. The predicted octanol–water partition coefficient (Wildman–Crippen LogP) is -1.11.